The van der Waals surface area contributed by atoms with Crippen molar-refractivity contribution in [3.63, 3.8) is 0 Å². The van der Waals surface area contributed by atoms with Crippen molar-refractivity contribution in [2.45, 2.75) is 65.4 Å². The molecule has 2 unspecified atom stereocenters. The van der Waals surface area contributed by atoms with Crippen molar-refractivity contribution < 1.29 is 4.74 Å². The van der Waals surface area contributed by atoms with E-state index in [0.717, 1.165) is 17.8 Å². The second-order valence-electron chi connectivity index (χ2n) is 7.91. The van der Waals surface area contributed by atoms with Gasteiger partial charge in [-0.2, -0.15) is 0 Å². The lowest BCUT2D eigenvalue weighted by Crippen LogP contribution is -2.39. The van der Waals surface area contributed by atoms with Crippen LogP contribution in [0, 0.1) is 28.6 Å². The Labute approximate surface area is 106 Å². The molecule has 0 aliphatic heterocycles. The first-order valence-electron chi connectivity index (χ1n) is 7.42. The second-order valence-corrected chi connectivity index (χ2v) is 7.91. The predicted octanol–water partition coefficient (Wildman–Crippen LogP) is 4.26. The fraction of sp³-hybridized carbons (Fsp3) is 1.00. The molecule has 0 saturated heterocycles. The van der Waals surface area contributed by atoms with Gasteiger partial charge in [-0.15, -0.1) is 0 Å². The van der Waals surface area contributed by atoms with Gasteiger partial charge in [0.05, 0.1) is 5.60 Å². The molecule has 0 aromatic heterocycles. The third kappa shape index (κ3) is 1.25. The molecule has 0 bridgehead atoms. The summed E-state index contributed by atoms with van der Waals surface area (Å²) in [6, 6.07) is 0. The Hall–Kier alpha value is -0.0400. The molecule has 98 valence electrons. The third-order valence-corrected chi connectivity index (χ3v) is 7.03. The SMILES string of the molecule is COC1(C)CCC23[C@H](C)CC[C@@H]2C(C)(C)C[C@H]13. The molecule has 1 spiro atoms. The average Bonchev–Trinajstić information content (AvgIpc) is 2.82. The molecule has 0 N–H and O–H groups in total. The Balaban J connectivity index is 2.06. The molecule has 1 nitrogen and oxygen atoms in total. The molecule has 0 aromatic rings. The zero-order chi connectivity index (χ0) is 12.5. The Kier molecular flexibility index (Phi) is 2.32. The highest BCUT2D eigenvalue weighted by atomic mass is 16.5. The van der Waals surface area contributed by atoms with Gasteiger partial charge < -0.3 is 4.74 Å². The van der Waals surface area contributed by atoms with Crippen molar-refractivity contribution in [2.24, 2.45) is 28.6 Å². The molecule has 0 aromatic carbocycles. The maximum atomic E-state index is 5.96. The molecular weight excluding hydrogens is 208 g/mol. The van der Waals surface area contributed by atoms with Gasteiger partial charge in [0, 0.05) is 7.11 Å². The zero-order valence-corrected chi connectivity index (χ0v) is 12.2. The predicted molar refractivity (Wildman–Crippen MR) is 70.9 cm³/mol. The number of ether oxygens (including phenoxy) is 1. The van der Waals surface area contributed by atoms with Gasteiger partial charge in [-0.3, -0.25) is 0 Å². The molecule has 3 rings (SSSR count). The Morgan fingerprint density at radius 1 is 1.00 bits per heavy atom. The molecule has 3 fully saturated rings. The summed E-state index contributed by atoms with van der Waals surface area (Å²) in [5, 5.41) is 0. The molecular formula is C16H28O. The van der Waals surface area contributed by atoms with Crippen LogP contribution in [-0.4, -0.2) is 12.7 Å². The van der Waals surface area contributed by atoms with E-state index in [-0.39, 0.29) is 5.60 Å². The maximum absolute atomic E-state index is 5.96. The quantitative estimate of drug-likeness (QED) is 0.661. The maximum Gasteiger partial charge on any atom is 0.0684 e. The average molecular weight is 236 g/mol. The summed E-state index contributed by atoms with van der Waals surface area (Å²) in [5.41, 5.74) is 1.31. The van der Waals surface area contributed by atoms with Gasteiger partial charge in [0.2, 0.25) is 0 Å². The van der Waals surface area contributed by atoms with E-state index < -0.39 is 0 Å². The number of rotatable bonds is 1. The van der Waals surface area contributed by atoms with Crippen LogP contribution < -0.4 is 0 Å². The minimum atomic E-state index is 0.157. The van der Waals surface area contributed by atoms with Gasteiger partial charge in [0.25, 0.3) is 0 Å². The lowest BCUT2D eigenvalue weighted by molar-refractivity contribution is -0.0500. The molecule has 0 heterocycles. The lowest BCUT2D eigenvalue weighted by Gasteiger charge is -2.39. The van der Waals surface area contributed by atoms with Gasteiger partial charge >= 0.3 is 0 Å². The van der Waals surface area contributed by atoms with Gasteiger partial charge in [0.1, 0.15) is 0 Å². The topological polar surface area (TPSA) is 9.23 Å². The summed E-state index contributed by atoms with van der Waals surface area (Å²) < 4.78 is 5.96. The molecule has 3 saturated carbocycles. The highest BCUT2D eigenvalue weighted by molar-refractivity contribution is 5.18. The molecule has 3 aliphatic rings. The second kappa shape index (κ2) is 3.29. The minimum absolute atomic E-state index is 0.157. The highest BCUT2D eigenvalue weighted by Crippen LogP contribution is 2.74. The monoisotopic (exact) mass is 236 g/mol. The van der Waals surface area contributed by atoms with Crippen molar-refractivity contribution in [2.75, 3.05) is 7.11 Å². The van der Waals surface area contributed by atoms with Crippen LogP contribution in [0.3, 0.4) is 0 Å². The van der Waals surface area contributed by atoms with Crippen molar-refractivity contribution in [3.05, 3.63) is 0 Å². The Morgan fingerprint density at radius 3 is 2.35 bits per heavy atom. The smallest absolute Gasteiger partial charge is 0.0684 e. The van der Waals surface area contributed by atoms with Crippen LogP contribution in [0.4, 0.5) is 0 Å². The van der Waals surface area contributed by atoms with Crippen LogP contribution in [0.5, 0.6) is 0 Å². The molecule has 1 heteroatoms. The molecule has 0 radical (unpaired) electrons. The van der Waals surface area contributed by atoms with E-state index in [9.17, 15) is 0 Å². The first kappa shape index (κ1) is 12.0. The summed E-state index contributed by atoms with van der Waals surface area (Å²) in [7, 11) is 1.93. The van der Waals surface area contributed by atoms with Gasteiger partial charge in [-0.25, -0.2) is 0 Å². The Morgan fingerprint density at radius 2 is 1.71 bits per heavy atom. The summed E-state index contributed by atoms with van der Waals surface area (Å²) in [5.74, 6) is 2.67. The van der Waals surface area contributed by atoms with E-state index in [1.165, 1.54) is 32.1 Å². The van der Waals surface area contributed by atoms with Gasteiger partial charge in [0.15, 0.2) is 0 Å². The molecule has 0 amide bonds. The molecule has 3 aliphatic carbocycles. The lowest BCUT2D eigenvalue weighted by atomic mass is 9.67. The van der Waals surface area contributed by atoms with Crippen molar-refractivity contribution in [1.29, 1.82) is 0 Å². The van der Waals surface area contributed by atoms with Crippen molar-refractivity contribution in [1.82, 2.24) is 0 Å². The van der Waals surface area contributed by atoms with Crippen LogP contribution in [0.25, 0.3) is 0 Å². The number of methoxy groups -OCH3 is 1. The molecule has 5 atom stereocenters. The highest BCUT2D eigenvalue weighted by Gasteiger charge is 2.69. The van der Waals surface area contributed by atoms with E-state index in [0.29, 0.717) is 10.8 Å². The van der Waals surface area contributed by atoms with E-state index >= 15 is 0 Å². The summed E-state index contributed by atoms with van der Waals surface area (Å²) in [4.78, 5) is 0. The van der Waals surface area contributed by atoms with Crippen LogP contribution in [-0.2, 0) is 4.74 Å². The van der Waals surface area contributed by atoms with Crippen LogP contribution in [0.2, 0.25) is 0 Å². The van der Waals surface area contributed by atoms with Gasteiger partial charge in [-0.1, -0.05) is 20.8 Å². The first-order valence-corrected chi connectivity index (χ1v) is 7.42. The van der Waals surface area contributed by atoms with Crippen LogP contribution in [0.15, 0.2) is 0 Å². The van der Waals surface area contributed by atoms with E-state index in [2.05, 4.69) is 27.7 Å². The first-order chi connectivity index (χ1) is 7.87. The largest absolute Gasteiger partial charge is 0.378 e. The summed E-state index contributed by atoms with van der Waals surface area (Å²) >= 11 is 0. The van der Waals surface area contributed by atoms with Gasteiger partial charge in [-0.05, 0) is 67.6 Å². The van der Waals surface area contributed by atoms with Crippen LogP contribution in [0.1, 0.15) is 59.8 Å². The minimum Gasteiger partial charge on any atom is -0.378 e. The zero-order valence-electron chi connectivity index (χ0n) is 12.2. The Bertz CT molecular complexity index is 334. The number of hydrogen-bond acceptors (Lipinski definition) is 1. The standard InChI is InChI=1S/C16H28O/c1-11-6-7-12-14(2,3)10-13-15(4,17-5)8-9-16(11,12)13/h11-13H,6-10H2,1-5H3/t11-,12-,13-,15?,16?/m1/s1. The summed E-state index contributed by atoms with van der Waals surface area (Å²) in [6.45, 7) is 9.89. The van der Waals surface area contributed by atoms with E-state index in [1.807, 2.05) is 7.11 Å². The van der Waals surface area contributed by atoms with Crippen molar-refractivity contribution >= 4 is 0 Å². The fourth-order valence-corrected chi connectivity index (χ4v) is 6.12. The van der Waals surface area contributed by atoms with E-state index in [4.69, 9.17) is 4.74 Å². The van der Waals surface area contributed by atoms with Crippen LogP contribution >= 0.6 is 0 Å². The van der Waals surface area contributed by atoms with Crippen molar-refractivity contribution in [3.8, 4) is 0 Å². The third-order valence-electron chi connectivity index (χ3n) is 7.03. The number of hydrogen-bond donors (Lipinski definition) is 0. The molecule has 17 heavy (non-hydrogen) atoms. The normalized spacial score (nSPS) is 55.9. The van der Waals surface area contributed by atoms with E-state index in [1.54, 1.807) is 0 Å². The fourth-order valence-electron chi connectivity index (χ4n) is 6.12. The summed E-state index contributed by atoms with van der Waals surface area (Å²) in [6.07, 6.45) is 6.99.